The molecular weight excluding hydrogens is 316 g/mol. The summed E-state index contributed by atoms with van der Waals surface area (Å²) in [6.07, 6.45) is 1.45. The Labute approximate surface area is 137 Å². The highest BCUT2D eigenvalue weighted by Gasteiger charge is 2.63. The summed E-state index contributed by atoms with van der Waals surface area (Å²) < 4.78 is 10.4. The topological polar surface area (TPSA) is 108 Å². The number of methoxy groups -OCH3 is 1. The first kappa shape index (κ1) is 14.9. The second kappa shape index (κ2) is 5.19. The molecule has 0 unspecified atom stereocenters. The summed E-state index contributed by atoms with van der Waals surface area (Å²) in [5.74, 6) is -0.958. The number of hydrogen-bond donors (Lipinski definition) is 1. The average Bonchev–Trinajstić information content (AvgIpc) is 3.16. The van der Waals surface area contributed by atoms with Gasteiger partial charge in [-0.15, -0.1) is 0 Å². The van der Waals surface area contributed by atoms with Gasteiger partial charge in [0.15, 0.2) is 0 Å². The number of fused-ring (bicyclic) bond motifs is 1. The third-order valence-corrected chi connectivity index (χ3v) is 5.44. The van der Waals surface area contributed by atoms with E-state index in [4.69, 9.17) is 9.47 Å². The van der Waals surface area contributed by atoms with Crippen molar-refractivity contribution in [2.45, 2.75) is 18.9 Å². The lowest BCUT2D eigenvalue weighted by molar-refractivity contribution is -0.384. The van der Waals surface area contributed by atoms with Crippen molar-refractivity contribution in [3.63, 3.8) is 0 Å². The minimum atomic E-state index is -0.560. The van der Waals surface area contributed by atoms with Crippen LogP contribution in [0.25, 0.3) is 0 Å². The minimum absolute atomic E-state index is 0.0531. The van der Waals surface area contributed by atoms with Crippen LogP contribution in [0.3, 0.4) is 0 Å². The molecule has 1 saturated heterocycles. The fourth-order valence-electron chi connectivity index (χ4n) is 4.48. The van der Waals surface area contributed by atoms with Crippen LogP contribution in [0.15, 0.2) is 18.2 Å². The molecule has 24 heavy (non-hydrogen) atoms. The van der Waals surface area contributed by atoms with E-state index in [0.29, 0.717) is 12.2 Å². The summed E-state index contributed by atoms with van der Waals surface area (Å²) in [4.78, 5) is 35.3. The number of nitro groups is 1. The summed E-state index contributed by atoms with van der Waals surface area (Å²) in [7, 11) is 1.44. The summed E-state index contributed by atoms with van der Waals surface area (Å²) in [5, 5.41) is 13.8. The molecule has 5 atom stereocenters. The molecule has 1 aromatic carbocycles. The van der Waals surface area contributed by atoms with Crippen molar-refractivity contribution in [3.05, 3.63) is 28.3 Å². The Morgan fingerprint density at radius 2 is 2.21 bits per heavy atom. The molecule has 1 amide bonds. The molecule has 1 aliphatic heterocycles. The molecule has 1 heterocycles. The molecule has 3 aliphatic rings. The molecule has 8 nitrogen and oxygen atoms in total. The number of rotatable bonds is 4. The lowest BCUT2D eigenvalue weighted by atomic mass is 9.79. The van der Waals surface area contributed by atoms with Crippen LogP contribution >= 0.6 is 0 Å². The maximum absolute atomic E-state index is 12.7. The predicted octanol–water partition coefficient (Wildman–Crippen LogP) is 1.74. The van der Waals surface area contributed by atoms with Crippen molar-refractivity contribution in [2.75, 3.05) is 12.4 Å². The Morgan fingerprint density at radius 3 is 2.92 bits per heavy atom. The minimum Gasteiger partial charge on any atom is -0.497 e. The van der Waals surface area contributed by atoms with E-state index in [1.54, 1.807) is 0 Å². The highest BCUT2D eigenvalue weighted by atomic mass is 16.6. The van der Waals surface area contributed by atoms with E-state index in [1.807, 2.05) is 0 Å². The van der Waals surface area contributed by atoms with E-state index in [9.17, 15) is 19.7 Å². The zero-order chi connectivity index (χ0) is 17.0. The van der Waals surface area contributed by atoms with Crippen LogP contribution in [0.2, 0.25) is 0 Å². The molecule has 2 saturated carbocycles. The molecule has 3 fully saturated rings. The van der Waals surface area contributed by atoms with E-state index >= 15 is 0 Å². The van der Waals surface area contributed by atoms with Crippen LogP contribution in [-0.2, 0) is 14.3 Å². The quantitative estimate of drug-likeness (QED) is 0.511. The zero-order valence-electron chi connectivity index (χ0n) is 12.9. The highest BCUT2D eigenvalue weighted by Crippen LogP contribution is 2.57. The van der Waals surface area contributed by atoms with E-state index in [-0.39, 0.29) is 41.2 Å². The number of nitrogens with one attached hydrogen (secondary N) is 1. The van der Waals surface area contributed by atoms with Gasteiger partial charge in [-0.3, -0.25) is 19.7 Å². The summed E-state index contributed by atoms with van der Waals surface area (Å²) >= 11 is 0. The first-order valence-electron chi connectivity index (χ1n) is 7.83. The summed E-state index contributed by atoms with van der Waals surface area (Å²) in [6.45, 7) is 0. The first-order valence-corrected chi connectivity index (χ1v) is 7.83. The third-order valence-electron chi connectivity index (χ3n) is 5.44. The second-order valence-corrected chi connectivity index (χ2v) is 6.55. The van der Waals surface area contributed by atoms with Gasteiger partial charge in [-0.25, -0.2) is 0 Å². The van der Waals surface area contributed by atoms with Crippen molar-refractivity contribution >= 4 is 23.3 Å². The number of amides is 1. The number of carbonyl (C=O) groups is 2. The Balaban J connectivity index is 1.61. The van der Waals surface area contributed by atoms with Crippen molar-refractivity contribution in [1.82, 2.24) is 0 Å². The number of anilines is 1. The summed E-state index contributed by atoms with van der Waals surface area (Å²) in [6, 6.07) is 4.17. The van der Waals surface area contributed by atoms with Gasteiger partial charge in [0, 0.05) is 18.1 Å². The van der Waals surface area contributed by atoms with Gasteiger partial charge in [-0.05, 0) is 24.8 Å². The van der Waals surface area contributed by atoms with Gasteiger partial charge in [0.1, 0.15) is 17.5 Å². The molecule has 0 radical (unpaired) electrons. The molecule has 126 valence electrons. The molecule has 2 bridgehead atoms. The largest absolute Gasteiger partial charge is 0.497 e. The average molecular weight is 332 g/mol. The van der Waals surface area contributed by atoms with Crippen molar-refractivity contribution in [2.24, 2.45) is 23.7 Å². The monoisotopic (exact) mass is 332 g/mol. The standard InChI is InChI=1S/C16H16N2O6/c1-23-8-2-3-11(18(21)22)10(6-8)17-15(19)13-7-4-9-12(5-7)24-16(20)14(9)13/h2-3,6-7,9,12-14H,4-5H2,1H3,(H,17,19)/t7-,9-,12+,13+,14-/m0/s1. The highest BCUT2D eigenvalue weighted by molar-refractivity contribution is 5.98. The normalized spacial score (nSPS) is 32.5. The number of carbonyl (C=O) groups excluding carboxylic acids is 2. The van der Waals surface area contributed by atoms with E-state index in [2.05, 4.69) is 5.32 Å². The number of nitrogens with zero attached hydrogens (tertiary/aromatic N) is 1. The fraction of sp³-hybridized carbons (Fsp3) is 0.500. The molecule has 1 N–H and O–H groups in total. The van der Waals surface area contributed by atoms with Crippen molar-refractivity contribution in [3.8, 4) is 5.75 Å². The number of esters is 1. The van der Waals surface area contributed by atoms with Gasteiger partial charge in [0.2, 0.25) is 5.91 Å². The maximum atomic E-state index is 12.7. The molecule has 8 heteroatoms. The van der Waals surface area contributed by atoms with Crippen LogP contribution < -0.4 is 10.1 Å². The summed E-state index contributed by atoms with van der Waals surface area (Å²) in [5.41, 5.74) is -0.130. The maximum Gasteiger partial charge on any atom is 0.310 e. The smallest absolute Gasteiger partial charge is 0.310 e. The number of nitro benzene ring substituents is 1. The van der Waals surface area contributed by atoms with Gasteiger partial charge in [-0.1, -0.05) is 0 Å². The van der Waals surface area contributed by atoms with Gasteiger partial charge >= 0.3 is 5.97 Å². The Hall–Kier alpha value is -2.64. The van der Waals surface area contributed by atoms with Gasteiger partial charge in [0.25, 0.3) is 5.69 Å². The fourth-order valence-corrected chi connectivity index (χ4v) is 4.48. The van der Waals surface area contributed by atoms with Crippen molar-refractivity contribution in [1.29, 1.82) is 0 Å². The van der Waals surface area contributed by atoms with E-state index in [1.165, 1.54) is 25.3 Å². The molecule has 1 aromatic rings. The lowest BCUT2D eigenvalue weighted by Crippen LogP contribution is -2.36. The molecule has 0 spiro atoms. The lowest BCUT2D eigenvalue weighted by Gasteiger charge is -2.23. The van der Waals surface area contributed by atoms with Crippen LogP contribution in [-0.4, -0.2) is 30.0 Å². The second-order valence-electron chi connectivity index (χ2n) is 6.55. The number of benzene rings is 1. The molecule has 2 aliphatic carbocycles. The van der Waals surface area contributed by atoms with Crippen LogP contribution in [0, 0.1) is 33.8 Å². The van der Waals surface area contributed by atoms with E-state index < -0.39 is 16.8 Å². The number of hydrogen-bond acceptors (Lipinski definition) is 6. The van der Waals surface area contributed by atoms with Crippen LogP contribution in [0.1, 0.15) is 12.8 Å². The predicted molar refractivity (Wildman–Crippen MR) is 81.4 cm³/mol. The first-order chi connectivity index (χ1) is 11.5. The molecule has 4 rings (SSSR count). The number of ether oxygens (including phenoxy) is 2. The van der Waals surface area contributed by atoms with Gasteiger partial charge in [-0.2, -0.15) is 0 Å². The Morgan fingerprint density at radius 1 is 1.42 bits per heavy atom. The Kier molecular flexibility index (Phi) is 3.22. The van der Waals surface area contributed by atoms with Crippen LogP contribution in [0.5, 0.6) is 5.75 Å². The third kappa shape index (κ3) is 2.05. The van der Waals surface area contributed by atoms with Crippen molar-refractivity contribution < 1.29 is 24.0 Å². The zero-order valence-corrected chi connectivity index (χ0v) is 12.9. The van der Waals surface area contributed by atoms with Crippen LogP contribution in [0.4, 0.5) is 11.4 Å². The SMILES string of the molecule is COc1ccc([N+](=O)[O-])c(NC(=O)[C@@H]2[C@H]3C[C@@H]4[C@@H]2C(=O)O[C@@H]4C3)c1. The Bertz CT molecular complexity index is 746. The molecular formula is C16H16N2O6. The van der Waals surface area contributed by atoms with E-state index in [0.717, 1.165) is 6.42 Å². The molecule has 0 aromatic heterocycles. The van der Waals surface area contributed by atoms with Gasteiger partial charge in [0.05, 0.1) is 23.9 Å². The van der Waals surface area contributed by atoms with Gasteiger partial charge < -0.3 is 14.8 Å².